The van der Waals surface area contributed by atoms with Crippen LogP contribution in [0.3, 0.4) is 0 Å². The third kappa shape index (κ3) is 3.47. The van der Waals surface area contributed by atoms with Crippen LogP contribution in [-0.2, 0) is 0 Å². The fourth-order valence-electron chi connectivity index (χ4n) is 1.07. The highest BCUT2D eigenvalue weighted by molar-refractivity contribution is 7.80. The summed E-state index contributed by atoms with van der Waals surface area (Å²) in [7, 11) is 4.94. The third-order valence-corrected chi connectivity index (χ3v) is 2.21. The molecule has 88 valence electrons. The molecule has 0 amide bonds. The fourth-order valence-corrected chi connectivity index (χ4v) is 1.12. The van der Waals surface area contributed by atoms with Gasteiger partial charge in [-0.2, -0.15) is 0 Å². The van der Waals surface area contributed by atoms with Crippen LogP contribution in [0.4, 0.5) is 5.69 Å². The summed E-state index contributed by atoms with van der Waals surface area (Å²) in [6.07, 6.45) is 0. The summed E-state index contributed by atoms with van der Waals surface area (Å²) in [5, 5.41) is 3.29. The SMILES string of the molecule is CNC(=S)NNc1cc(OC)cc(OC)c1. The van der Waals surface area contributed by atoms with E-state index in [1.54, 1.807) is 27.3 Å². The highest BCUT2D eigenvalue weighted by atomic mass is 32.1. The summed E-state index contributed by atoms with van der Waals surface area (Å²) in [4.78, 5) is 0. The lowest BCUT2D eigenvalue weighted by atomic mass is 10.3. The zero-order valence-electron chi connectivity index (χ0n) is 9.46. The quantitative estimate of drug-likeness (QED) is 0.542. The molecule has 0 saturated carbocycles. The third-order valence-electron chi connectivity index (χ3n) is 1.90. The van der Waals surface area contributed by atoms with Gasteiger partial charge in [0.2, 0.25) is 0 Å². The first-order valence-corrected chi connectivity index (χ1v) is 5.07. The maximum atomic E-state index is 5.13. The molecule has 6 heteroatoms. The van der Waals surface area contributed by atoms with Gasteiger partial charge in [-0.3, -0.25) is 10.9 Å². The Morgan fingerprint density at radius 1 is 1.12 bits per heavy atom. The Bertz CT molecular complexity index is 349. The highest BCUT2D eigenvalue weighted by Crippen LogP contribution is 2.25. The molecule has 0 aromatic heterocycles. The number of methoxy groups -OCH3 is 2. The largest absolute Gasteiger partial charge is 0.497 e. The number of benzene rings is 1. The maximum Gasteiger partial charge on any atom is 0.184 e. The summed E-state index contributed by atoms with van der Waals surface area (Å²) in [6, 6.07) is 5.45. The van der Waals surface area contributed by atoms with Crippen molar-refractivity contribution >= 4 is 23.0 Å². The Morgan fingerprint density at radius 3 is 2.12 bits per heavy atom. The molecule has 0 spiro atoms. The lowest BCUT2D eigenvalue weighted by molar-refractivity contribution is 0.394. The highest BCUT2D eigenvalue weighted by Gasteiger charge is 2.01. The monoisotopic (exact) mass is 241 g/mol. The van der Waals surface area contributed by atoms with Crippen molar-refractivity contribution in [2.75, 3.05) is 26.7 Å². The van der Waals surface area contributed by atoms with Crippen molar-refractivity contribution in [2.45, 2.75) is 0 Å². The Kier molecular flexibility index (Phi) is 4.65. The molecule has 0 aliphatic heterocycles. The molecule has 1 aromatic rings. The summed E-state index contributed by atoms with van der Waals surface area (Å²) >= 11 is 4.93. The first kappa shape index (κ1) is 12.4. The van der Waals surface area contributed by atoms with E-state index in [4.69, 9.17) is 21.7 Å². The number of rotatable bonds is 4. The second-order valence-electron chi connectivity index (χ2n) is 2.93. The van der Waals surface area contributed by atoms with Gasteiger partial charge < -0.3 is 14.8 Å². The van der Waals surface area contributed by atoms with Crippen LogP contribution in [0.1, 0.15) is 0 Å². The lowest BCUT2D eigenvalue weighted by Crippen LogP contribution is -2.36. The van der Waals surface area contributed by atoms with E-state index in [1.165, 1.54) is 0 Å². The maximum absolute atomic E-state index is 5.13. The summed E-state index contributed by atoms with van der Waals surface area (Å²) in [5.74, 6) is 1.41. The van der Waals surface area contributed by atoms with Crippen LogP contribution in [0.5, 0.6) is 11.5 Å². The van der Waals surface area contributed by atoms with Crippen LogP contribution < -0.4 is 25.6 Å². The van der Waals surface area contributed by atoms with Crippen molar-refractivity contribution in [3.05, 3.63) is 18.2 Å². The zero-order valence-corrected chi connectivity index (χ0v) is 10.3. The molecule has 1 rings (SSSR count). The number of thiocarbonyl (C=S) groups is 1. The van der Waals surface area contributed by atoms with E-state index in [9.17, 15) is 0 Å². The van der Waals surface area contributed by atoms with E-state index in [0.717, 1.165) is 5.69 Å². The summed E-state index contributed by atoms with van der Waals surface area (Å²) in [5.41, 5.74) is 6.54. The van der Waals surface area contributed by atoms with Gasteiger partial charge in [-0.05, 0) is 12.2 Å². The second kappa shape index (κ2) is 6.02. The predicted octanol–water partition coefficient (Wildman–Crippen LogP) is 1.12. The Balaban J connectivity index is 2.74. The minimum Gasteiger partial charge on any atom is -0.497 e. The molecule has 0 atom stereocenters. The smallest absolute Gasteiger partial charge is 0.184 e. The van der Waals surface area contributed by atoms with Crippen molar-refractivity contribution in [2.24, 2.45) is 0 Å². The molecule has 0 unspecified atom stereocenters. The topological polar surface area (TPSA) is 54.5 Å². The molecule has 0 heterocycles. The molecule has 5 nitrogen and oxygen atoms in total. The first-order chi connectivity index (χ1) is 7.69. The fraction of sp³-hybridized carbons (Fsp3) is 0.300. The molecule has 0 fully saturated rings. The van der Waals surface area contributed by atoms with E-state index >= 15 is 0 Å². The van der Waals surface area contributed by atoms with E-state index in [1.807, 2.05) is 12.1 Å². The van der Waals surface area contributed by atoms with Gasteiger partial charge in [0.15, 0.2) is 5.11 Å². The van der Waals surface area contributed by atoms with Gasteiger partial charge >= 0.3 is 0 Å². The molecule has 16 heavy (non-hydrogen) atoms. The van der Waals surface area contributed by atoms with E-state index in [-0.39, 0.29) is 0 Å². The van der Waals surface area contributed by atoms with Gasteiger partial charge in [0.05, 0.1) is 19.9 Å². The number of hydrazine groups is 1. The van der Waals surface area contributed by atoms with Crippen LogP contribution in [0.15, 0.2) is 18.2 Å². The van der Waals surface area contributed by atoms with Crippen molar-refractivity contribution < 1.29 is 9.47 Å². The average Bonchev–Trinajstić information content (AvgIpc) is 2.35. The zero-order chi connectivity index (χ0) is 12.0. The molecule has 0 radical (unpaired) electrons. The number of ether oxygens (including phenoxy) is 2. The van der Waals surface area contributed by atoms with Gasteiger partial charge in [-0.25, -0.2) is 0 Å². The Labute approximate surface area is 100 Å². The number of hydrogen-bond acceptors (Lipinski definition) is 4. The Hall–Kier alpha value is -1.69. The molecule has 0 aliphatic carbocycles. The van der Waals surface area contributed by atoms with Crippen molar-refractivity contribution in [3.63, 3.8) is 0 Å². The molecular weight excluding hydrogens is 226 g/mol. The lowest BCUT2D eigenvalue weighted by Gasteiger charge is -2.12. The van der Waals surface area contributed by atoms with E-state index < -0.39 is 0 Å². The van der Waals surface area contributed by atoms with Crippen molar-refractivity contribution in [1.29, 1.82) is 0 Å². The first-order valence-electron chi connectivity index (χ1n) is 4.66. The van der Waals surface area contributed by atoms with E-state index in [2.05, 4.69) is 16.2 Å². The average molecular weight is 241 g/mol. The number of anilines is 1. The molecule has 3 N–H and O–H groups in total. The van der Waals surface area contributed by atoms with Gasteiger partial charge in [0, 0.05) is 25.2 Å². The van der Waals surface area contributed by atoms with Gasteiger partial charge in [-0.15, -0.1) is 0 Å². The van der Waals surface area contributed by atoms with Crippen LogP contribution in [-0.4, -0.2) is 26.4 Å². The summed E-state index contributed by atoms with van der Waals surface area (Å²) < 4.78 is 10.3. The van der Waals surface area contributed by atoms with Crippen molar-refractivity contribution in [1.82, 2.24) is 10.7 Å². The van der Waals surface area contributed by atoms with Crippen LogP contribution in [0, 0.1) is 0 Å². The standard InChI is InChI=1S/C10H15N3O2S/c1-11-10(16)13-12-7-4-8(14-2)6-9(5-7)15-3/h4-6,12H,1-3H3,(H2,11,13,16). The minimum atomic E-state index is 0.502. The van der Waals surface area contributed by atoms with Crippen LogP contribution in [0.25, 0.3) is 0 Å². The van der Waals surface area contributed by atoms with Crippen molar-refractivity contribution in [3.8, 4) is 11.5 Å². The number of hydrogen-bond donors (Lipinski definition) is 3. The van der Waals surface area contributed by atoms with E-state index in [0.29, 0.717) is 16.6 Å². The van der Waals surface area contributed by atoms with Gasteiger partial charge in [0.1, 0.15) is 11.5 Å². The van der Waals surface area contributed by atoms with Crippen LogP contribution in [0.2, 0.25) is 0 Å². The predicted molar refractivity (Wildman–Crippen MR) is 68.0 cm³/mol. The molecular formula is C10H15N3O2S. The molecule has 1 aromatic carbocycles. The molecule has 0 saturated heterocycles. The summed E-state index contributed by atoms with van der Waals surface area (Å²) in [6.45, 7) is 0. The normalized spacial score (nSPS) is 9.19. The van der Waals surface area contributed by atoms with Gasteiger partial charge in [0.25, 0.3) is 0 Å². The second-order valence-corrected chi connectivity index (χ2v) is 3.34. The van der Waals surface area contributed by atoms with Crippen LogP contribution >= 0.6 is 12.2 Å². The Morgan fingerprint density at radius 2 is 1.69 bits per heavy atom. The number of nitrogens with one attached hydrogen (secondary N) is 3. The van der Waals surface area contributed by atoms with Gasteiger partial charge in [-0.1, -0.05) is 0 Å². The molecule has 0 aliphatic rings. The molecule has 0 bridgehead atoms. The minimum absolute atomic E-state index is 0.502.